The Morgan fingerprint density at radius 1 is 1.64 bits per heavy atom. The van der Waals surface area contributed by atoms with Crippen LogP contribution < -0.4 is 5.32 Å². The number of rotatable bonds is 1. The molecular weight excluding hydrogens is 138 g/mol. The molecule has 56 valence electrons. The fraction of sp³-hybridized carbons (Fsp3) is 0.222. The molecule has 0 saturated heterocycles. The second-order valence-corrected chi connectivity index (χ2v) is 2.32. The van der Waals surface area contributed by atoms with E-state index in [4.69, 9.17) is 0 Å². The van der Waals surface area contributed by atoms with Crippen LogP contribution in [0.2, 0.25) is 0 Å². The first-order chi connectivity index (χ1) is 5.20. The van der Waals surface area contributed by atoms with Crippen molar-refractivity contribution in [3.63, 3.8) is 0 Å². The highest BCUT2D eigenvalue weighted by Crippen LogP contribution is 2.06. The average Bonchev–Trinajstić information content (AvgIpc) is 1.93. The van der Waals surface area contributed by atoms with Gasteiger partial charge in [0.25, 0.3) is 0 Å². The molecule has 1 rings (SSSR count). The van der Waals surface area contributed by atoms with Gasteiger partial charge in [0.2, 0.25) is 5.91 Å². The topological polar surface area (TPSA) is 29.1 Å². The summed E-state index contributed by atoms with van der Waals surface area (Å²) in [5, 5.41) is 2.68. The van der Waals surface area contributed by atoms with Gasteiger partial charge in [0.05, 0.1) is 5.70 Å². The van der Waals surface area contributed by atoms with Gasteiger partial charge in [-0.15, -0.1) is 0 Å². The third-order valence-corrected chi connectivity index (χ3v) is 1.31. The molecule has 0 aromatic rings. The smallest absolute Gasteiger partial charge is 0.221 e. The lowest BCUT2D eigenvalue weighted by molar-refractivity contribution is -0.118. The first-order valence-electron chi connectivity index (χ1n) is 3.36. The van der Waals surface area contributed by atoms with E-state index in [2.05, 4.69) is 16.8 Å². The lowest BCUT2D eigenvalue weighted by atomic mass is 10.2. The molecule has 1 aliphatic carbocycles. The molecule has 2 nitrogen and oxygen atoms in total. The van der Waals surface area contributed by atoms with Crippen molar-refractivity contribution in [1.82, 2.24) is 5.32 Å². The van der Waals surface area contributed by atoms with E-state index in [9.17, 15) is 4.79 Å². The van der Waals surface area contributed by atoms with E-state index < -0.39 is 0 Å². The minimum atomic E-state index is -0.0623. The molecule has 0 heterocycles. The van der Waals surface area contributed by atoms with Crippen molar-refractivity contribution in [3.8, 4) is 0 Å². The van der Waals surface area contributed by atoms with Crippen LogP contribution in [0.3, 0.4) is 0 Å². The SMILES string of the molecule is CC(=O)NC1=CC=C=C=C1C. The van der Waals surface area contributed by atoms with Crippen LogP contribution in [0.15, 0.2) is 34.9 Å². The van der Waals surface area contributed by atoms with Crippen molar-refractivity contribution >= 4 is 5.91 Å². The van der Waals surface area contributed by atoms with Gasteiger partial charge in [-0.2, -0.15) is 0 Å². The second kappa shape index (κ2) is 3.07. The lowest BCUT2D eigenvalue weighted by Gasteiger charge is -2.05. The zero-order chi connectivity index (χ0) is 8.27. The molecule has 0 atom stereocenters. The van der Waals surface area contributed by atoms with Gasteiger partial charge in [-0.05, 0) is 19.1 Å². The van der Waals surface area contributed by atoms with Gasteiger partial charge in [0, 0.05) is 12.5 Å². The summed E-state index contributed by atoms with van der Waals surface area (Å²) in [5.41, 5.74) is 7.37. The molecule has 0 saturated carbocycles. The summed E-state index contributed by atoms with van der Waals surface area (Å²) in [6.45, 7) is 3.36. The molecule has 1 N–H and O–H groups in total. The predicted octanol–water partition coefficient (Wildman–Crippen LogP) is 1.28. The molecule has 0 aromatic heterocycles. The van der Waals surface area contributed by atoms with Gasteiger partial charge < -0.3 is 5.32 Å². The first-order valence-corrected chi connectivity index (χ1v) is 3.36. The van der Waals surface area contributed by atoms with Crippen LogP contribution in [-0.2, 0) is 4.79 Å². The molecule has 0 spiro atoms. The minimum Gasteiger partial charge on any atom is -0.325 e. The molecule has 0 unspecified atom stereocenters. The zero-order valence-corrected chi connectivity index (χ0v) is 6.56. The summed E-state index contributed by atoms with van der Waals surface area (Å²) >= 11 is 0. The number of carbonyl (C=O) groups excluding carboxylic acids is 1. The quantitative estimate of drug-likeness (QED) is 0.556. The minimum absolute atomic E-state index is 0.0623. The van der Waals surface area contributed by atoms with E-state index >= 15 is 0 Å². The third-order valence-electron chi connectivity index (χ3n) is 1.31. The van der Waals surface area contributed by atoms with E-state index in [1.54, 1.807) is 12.2 Å². The summed E-state index contributed by atoms with van der Waals surface area (Å²) in [7, 11) is 0. The number of allylic oxidation sites excluding steroid dienone is 3. The molecule has 0 fully saturated rings. The van der Waals surface area contributed by atoms with Crippen LogP contribution in [0, 0.1) is 0 Å². The van der Waals surface area contributed by atoms with Crippen LogP contribution in [0.25, 0.3) is 0 Å². The second-order valence-electron chi connectivity index (χ2n) is 2.32. The van der Waals surface area contributed by atoms with Gasteiger partial charge in [-0.3, -0.25) is 4.79 Å². The predicted molar refractivity (Wildman–Crippen MR) is 42.7 cm³/mol. The Kier molecular flexibility index (Phi) is 2.12. The molecule has 0 bridgehead atoms. The van der Waals surface area contributed by atoms with E-state index in [1.807, 2.05) is 6.92 Å². The highest BCUT2D eigenvalue weighted by Gasteiger charge is 2.01. The van der Waals surface area contributed by atoms with Crippen LogP contribution in [0.5, 0.6) is 0 Å². The molecule has 1 amide bonds. The van der Waals surface area contributed by atoms with Gasteiger partial charge in [0.15, 0.2) is 0 Å². The fourth-order valence-corrected chi connectivity index (χ4v) is 0.792. The van der Waals surface area contributed by atoms with Crippen molar-refractivity contribution in [1.29, 1.82) is 0 Å². The third kappa shape index (κ3) is 1.98. The Bertz CT molecular complexity index is 310. The Hall–Kier alpha value is -1.49. The molecule has 1 aliphatic rings. The normalized spacial score (nSPS) is 14.0. The summed E-state index contributed by atoms with van der Waals surface area (Å²) in [6, 6.07) is 0. The van der Waals surface area contributed by atoms with E-state index in [0.717, 1.165) is 11.3 Å². The lowest BCUT2D eigenvalue weighted by Crippen LogP contribution is -2.19. The largest absolute Gasteiger partial charge is 0.325 e. The number of amides is 1. The number of carbonyl (C=O) groups is 1. The standard InChI is InChI=1S/C9H9NO/c1-7-5-3-4-6-9(7)10-8(2)11/h4,6H,1-2H3,(H,10,11). The average molecular weight is 147 g/mol. The van der Waals surface area contributed by atoms with E-state index in [0.29, 0.717) is 0 Å². The maximum absolute atomic E-state index is 10.6. The van der Waals surface area contributed by atoms with Crippen molar-refractivity contribution < 1.29 is 4.79 Å². The number of hydrogen-bond donors (Lipinski definition) is 1. The van der Waals surface area contributed by atoms with Crippen LogP contribution >= 0.6 is 0 Å². The molecule has 0 radical (unpaired) electrons. The molecule has 0 aliphatic heterocycles. The van der Waals surface area contributed by atoms with E-state index in [1.165, 1.54) is 6.92 Å². The van der Waals surface area contributed by atoms with Crippen molar-refractivity contribution in [2.24, 2.45) is 0 Å². The summed E-state index contributed by atoms with van der Waals surface area (Å²) in [6.07, 6.45) is 3.52. The highest BCUT2D eigenvalue weighted by atomic mass is 16.1. The summed E-state index contributed by atoms with van der Waals surface area (Å²) < 4.78 is 0. The van der Waals surface area contributed by atoms with Gasteiger partial charge >= 0.3 is 0 Å². The summed E-state index contributed by atoms with van der Waals surface area (Å²) in [4.78, 5) is 10.6. The summed E-state index contributed by atoms with van der Waals surface area (Å²) in [5.74, 6) is -0.0623. The molecular formula is C9H9NO. The maximum Gasteiger partial charge on any atom is 0.221 e. The highest BCUT2D eigenvalue weighted by molar-refractivity contribution is 5.76. The monoisotopic (exact) mass is 147 g/mol. The Morgan fingerprint density at radius 2 is 2.36 bits per heavy atom. The van der Waals surface area contributed by atoms with Crippen molar-refractivity contribution in [3.05, 3.63) is 34.9 Å². The molecule has 2 heteroatoms. The van der Waals surface area contributed by atoms with Crippen molar-refractivity contribution in [2.75, 3.05) is 0 Å². The fourth-order valence-electron chi connectivity index (χ4n) is 0.792. The zero-order valence-electron chi connectivity index (χ0n) is 6.56. The first kappa shape index (κ1) is 7.62. The van der Waals surface area contributed by atoms with Gasteiger partial charge in [-0.1, -0.05) is 11.5 Å². The van der Waals surface area contributed by atoms with Gasteiger partial charge in [-0.25, -0.2) is 0 Å². The molecule has 11 heavy (non-hydrogen) atoms. The van der Waals surface area contributed by atoms with Gasteiger partial charge in [0.1, 0.15) is 0 Å². The van der Waals surface area contributed by atoms with Crippen LogP contribution in [-0.4, -0.2) is 5.91 Å². The number of nitrogens with one attached hydrogen (secondary N) is 1. The van der Waals surface area contributed by atoms with Crippen LogP contribution in [0.1, 0.15) is 13.8 Å². The Morgan fingerprint density at radius 3 is 2.91 bits per heavy atom. The Labute approximate surface area is 65.6 Å². The maximum atomic E-state index is 10.6. The molecule has 0 aromatic carbocycles. The van der Waals surface area contributed by atoms with Crippen molar-refractivity contribution in [2.45, 2.75) is 13.8 Å². The number of hydrogen-bond acceptors (Lipinski definition) is 1. The van der Waals surface area contributed by atoms with E-state index in [-0.39, 0.29) is 5.91 Å². The van der Waals surface area contributed by atoms with Crippen LogP contribution in [0.4, 0.5) is 0 Å². The Balaban J connectivity index is 2.80.